The molecule has 0 aromatic heterocycles. The van der Waals surface area contributed by atoms with Crippen LogP contribution in [0.4, 0.5) is 0 Å². The Morgan fingerprint density at radius 1 is 0.926 bits per heavy atom. The van der Waals surface area contributed by atoms with E-state index in [4.69, 9.17) is 14.2 Å². The quantitative estimate of drug-likeness (QED) is 0.605. The molecule has 0 amide bonds. The Hall–Kier alpha value is -2.63. The molecule has 0 fully saturated rings. The van der Waals surface area contributed by atoms with Gasteiger partial charge in [0.2, 0.25) is 0 Å². The van der Waals surface area contributed by atoms with E-state index in [9.17, 15) is 5.11 Å². The maximum atomic E-state index is 9.63. The first-order valence-electron chi connectivity index (χ1n) is 8.67. The number of benzene rings is 3. The molecule has 138 valence electrons. The van der Waals surface area contributed by atoms with Crippen molar-refractivity contribution in [2.45, 2.75) is 16.2 Å². The van der Waals surface area contributed by atoms with Crippen molar-refractivity contribution in [3.05, 3.63) is 83.9 Å². The Labute approximate surface area is 162 Å². The molecular weight excluding hydrogens is 360 g/mol. The fourth-order valence-electron chi connectivity index (χ4n) is 3.07. The zero-order valence-corrected chi connectivity index (χ0v) is 15.7. The van der Waals surface area contributed by atoms with Crippen molar-refractivity contribution in [1.82, 2.24) is 0 Å². The lowest BCUT2D eigenvalue weighted by molar-refractivity contribution is 0.0511. The molecule has 1 aliphatic rings. The van der Waals surface area contributed by atoms with Crippen LogP contribution in [0, 0.1) is 0 Å². The zero-order chi connectivity index (χ0) is 18.6. The Morgan fingerprint density at radius 2 is 1.63 bits per heavy atom. The highest BCUT2D eigenvalue weighted by atomic mass is 32.2. The van der Waals surface area contributed by atoms with E-state index in [2.05, 4.69) is 6.07 Å². The van der Waals surface area contributed by atoms with E-state index in [-0.39, 0.29) is 23.9 Å². The minimum atomic E-state index is -0.147. The van der Waals surface area contributed by atoms with E-state index >= 15 is 0 Å². The maximum absolute atomic E-state index is 9.63. The summed E-state index contributed by atoms with van der Waals surface area (Å²) in [5, 5.41) is 9.71. The third kappa shape index (κ3) is 3.89. The summed E-state index contributed by atoms with van der Waals surface area (Å²) in [6.45, 7) is 0.221. The topological polar surface area (TPSA) is 47.9 Å². The van der Waals surface area contributed by atoms with Gasteiger partial charge in [0.15, 0.2) is 6.79 Å². The summed E-state index contributed by atoms with van der Waals surface area (Å²) < 4.78 is 16.8. The van der Waals surface area contributed by atoms with Gasteiger partial charge in [0.05, 0.1) is 10.1 Å². The minimum absolute atomic E-state index is 0.0752. The smallest absolute Gasteiger partial charge is 0.188 e. The second-order valence-electron chi connectivity index (χ2n) is 6.24. The average Bonchev–Trinajstić information content (AvgIpc) is 2.72. The van der Waals surface area contributed by atoms with E-state index in [0.29, 0.717) is 0 Å². The Kier molecular flexibility index (Phi) is 5.23. The molecule has 4 nitrogen and oxygen atoms in total. The Morgan fingerprint density at radius 3 is 2.37 bits per heavy atom. The zero-order valence-electron chi connectivity index (χ0n) is 14.9. The van der Waals surface area contributed by atoms with Crippen LogP contribution >= 0.6 is 11.8 Å². The van der Waals surface area contributed by atoms with Crippen LogP contribution in [0.15, 0.2) is 77.7 Å². The molecule has 27 heavy (non-hydrogen) atoms. The first-order chi connectivity index (χ1) is 13.2. The second-order valence-corrected chi connectivity index (χ2v) is 7.42. The third-order valence-electron chi connectivity index (χ3n) is 4.41. The SMILES string of the molecule is COCOc1ccc([C@H]2Oc3ccccc3S[C@H]2c2ccc(O)cc2)cc1. The van der Waals surface area contributed by atoms with Gasteiger partial charge in [0.25, 0.3) is 0 Å². The molecule has 1 aliphatic heterocycles. The minimum Gasteiger partial charge on any atom is -0.508 e. The number of hydrogen-bond acceptors (Lipinski definition) is 5. The number of thioether (sulfide) groups is 1. The van der Waals surface area contributed by atoms with Crippen molar-refractivity contribution in [2.24, 2.45) is 0 Å². The number of para-hydroxylation sites is 1. The number of methoxy groups -OCH3 is 1. The monoisotopic (exact) mass is 380 g/mol. The van der Waals surface area contributed by atoms with Gasteiger partial charge in [-0.15, -0.1) is 11.8 Å². The molecule has 0 saturated heterocycles. The number of aromatic hydroxyl groups is 1. The largest absolute Gasteiger partial charge is 0.508 e. The van der Waals surface area contributed by atoms with Crippen LogP contribution in [0.2, 0.25) is 0 Å². The predicted molar refractivity (Wildman–Crippen MR) is 105 cm³/mol. The fraction of sp³-hybridized carbons (Fsp3) is 0.182. The molecule has 0 unspecified atom stereocenters. The predicted octanol–water partition coefficient (Wildman–Crippen LogP) is 5.34. The summed E-state index contributed by atoms with van der Waals surface area (Å²) in [6.07, 6.45) is -0.147. The molecule has 2 atom stereocenters. The van der Waals surface area contributed by atoms with Crippen molar-refractivity contribution < 1.29 is 19.3 Å². The molecule has 0 aliphatic carbocycles. The molecule has 1 N–H and O–H groups in total. The van der Waals surface area contributed by atoms with Gasteiger partial charge in [-0.3, -0.25) is 0 Å². The Balaban J connectivity index is 1.67. The van der Waals surface area contributed by atoms with Gasteiger partial charge in [0, 0.05) is 7.11 Å². The lowest BCUT2D eigenvalue weighted by Gasteiger charge is -2.33. The number of fused-ring (bicyclic) bond motifs is 1. The first-order valence-corrected chi connectivity index (χ1v) is 9.55. The van der Waals surface area contributed by atoms with Crippen LogP contribution in [0.1, 0.15) is 22.5 Å². The molecule has 3 aromatic rings. The highest BCUT2D eigenvalue weighted by Gasteiger charge is 2.33. The van der Waals surface area contributed by atoms with E-state index in [0.717, 1.165) is 27.5 Å². The third-order valence-corrected chi connectivity index (χ3v) is 5.77. The van der Waals surface area contributed by atoms with Crippen LogP contribution in [-0.4, -0.2) is 19.0 Å². The van der Waals surface area contributed by atoms with Crippen LogP contribution in [0.3, 0.4) is 0 Å². The molecule has 0 bridgehead atoms. The molecule has 3 aromatic carbocycles. The van der Waals surface area contributed by atoms with Gasteiger partial charge >= 0.3 is 0 Å². The fourth-order valence-corrected chi connectivity index (χ4v) is 4.36. The van der Waals surface area contributed by atoms with E-state index in [1.165, 1.54) is 0 Å². The van der Waals surface area contributed by atoms with Crippen LogP contribution in [-0.2, 0) is 4.74 Å². The van der Waals surface area contributed by atoms with Gasteiger partial charge in [-0.2, -0.15) is 0 Å². The second kappa shape index (κ2) is 7.94. The van der Waals surface area contributed by atoms with Crippen LogP contribution in [0.25, 0.3) is 0 Å². The molecule has 1 heterocycles. The van der Waals surface area contributed by atoms with Crippen molar-refractivity contribution in [2.75, 3.05) is 13.9 Å². The highest BCUT2D eigenvalue weighted by Crippen LogP contribution is 2.53. The van der Waals surface area contributed by atoms with Crippen molar-refractivity contribution >= 4 is 11.8 Å². The Bertz CT molecular complexity index is 893. The summed E-state index contributed by atoms with van der Waals surface area (Å²) >= 11 is 1.78. The standard InChI is InChI=1S/C22H20O4S/c1-24-14-25-18-12-8-15(9-13-18)21-22(16-6-10-17(23)11-7-16)27-20-5-3-2-4-19(20)26-21/h2-13,21-23H,14H2,1H3/t21-,22+/m1/s1. The van der Waals surface area contributed by atoms with Crippen molar-refractivity contribution in [1.29, 1.82) is 0 Å². The highest BCUT2D eigenvalue weighted by molar-refractivity contribution is 7.99. The van der Waals surface area contributed by atoms with Gasteiger partial charge in [-0.1, -0.05) is 36.4 Å². The summed E-state index contributed by atoms with van der Waals surface area (Å²) in [5.74, 6) is 1.91. The molecular formula is C22H20O4S. The van der Waals surface area contributed by atoms with Crippen molar-refractivity contribution in [3.8, 4) is 17.2 Å². The van der Waals surface area contributed by atoms with E-state index in [1.54, 1.807) is 31.0 Å². The maximum Gasteiger partial charge on any atom is 0.188 e. The van der Waals surface area contributed by atoms with Gasteiger partial charge in [-0.25, -0.2) is 0 Å². The summed E-state index contributed by atoms with van der Waals surface area (Å²) in [5.41, 5.74) is 2.18. The lowest BCUT2D eigenvalue weighted by atomic mass is 10.00. The number of phenols is 1. The molecule has 0 radical (unpaired) electrons. The average molecular weight is 380 g/mol. The first kappa shape index (κ1) is 17.8. The number of phenolic OH excluding ortho intramolecular Hbond substituents is 1. The van der Waals surface area contributed by atoms with Crippen LogP contribution in [0.5, 0.6) is 17.2 Å². The number of rotatable bonds is 5. The number of ether oxygens (including phenoxy) is 3. The lowest BCUT2D eigenvalue weighted by Crippen LogP contribution is -2.19. The number of hydrogen-bond donors (Lipinski definition) is 1. The van der Waals surface area contributed by atoms with Gasteiger partial charge in [0.1, 0.15) is 23.4 Å². The molecule has 4 rings (SSSR count). The van der Waals surface area contributed by atoms with Crippen LogP contribution < -0.4 is 9.47 Å². The van der Waals surface area contributed by atoms with E-state index in [1.807, 2.05) is 54.6 Å². The molecule has 0 saturated carbocycles. The summed E-state index contributed by atoms with van der Waals surface area (Å²) in [6, 6.07) is 23.3. The molecule has 0 spiro atoms. The van der Waals surface area contributed by atoms with Gasteiger partial charge < -0.3 is 19.3 Å². The molecule has 5 heteroatoms. The normalized spacial score (nSPS) is 18.4. The van der Waals surface area contributed by atoms with Crippen molar-refractivity contribution in [3.63, 3.8) is 0 Å². The van der Waals surface area contributed by atoms with Gasteiger partial charge in [-0.05, 0) is 47.5 Å². The summed E-state index contributed by atoms with van der Waals surface area (Å²) in [7, 11) is 1.60. The van der Waals surface area contributed by atoms with E-state index < -0.39 is 0 Å². The summed E-state index contributed by atoms with van der Waals surface area (Å²) in [4.78, 5) is 1.12.